The van der Waals surface area contributed by atoms with Crippen LogP contribution in [-0.4, -0.2) is 49.3 Å². The van der Waals surface area contributed by atoms with Crippen LogP contribution in [0.4, 0.5) is 0 Å². The Labute approximate surface area is 128 Å². The highest BCUT2D eigenvalue weighted by Crippen LogP contribution is 2.19. The Kier molecular flexibility index (Phi) is 4.42. The Morgan fingerprint density at radius 2 is 2.32 bits per heavy atom. The Balaban J connectivity index is 1.86. The first-order valence-electron chi connectivity index (χ1n) is 7.43. The first-order chi connectivity index (χ1) is 10.7. The molecular formula is C16H21N3O3. The summed E-state index contributed by atoms with van der Waals surface area (Å²) in [5.74, 6) is 0.778. The number of aromatic nitrogens is 1. The number of aromatic amines is 1. The number of nitrogens with one attached hydrogen (secondary N) is 1. The number of rotatable bonds is 4. The molecule has 0 unspecified atom stereocenters. The molecule has 6 nitrogen and oxygen atoms in total. The van der Waals surface area contributed by atoms with Gasteiger partial charge in [0.05, 0.1) is 19.8 Å². The Hall–Kier alpha value is -1.89. The highest BCUT2D eigenvalue weighted by molar-refractivity contribution is 5.80. The fourth-order valence-electron chi connectivity index (χ4n) is 2.78. The van der Waals surface area contributed by atoms with Gasteiger partial charge in [0, 0.05) is 42.6 Å². The number of ether oxygens (including phenoxy) is 2. The van der Waals surface area contributed by atoms with E-state index in [2.05, 4.69) is 9.88 Å². The summed E-state index contributed by atoms with van der Waals surface area (Å²) in [5.41, 5.74) is 7.18. The maximum Gasteiger partial charge on any atom is 0.252 e. The third-order valence-corrected chi connectivity index (χ3v) is 4.01. The van der Waals surface area contributed by atoms with Crippen molar-refractivity contribution < 1.29 is 9.47 Å². The average Bonchev–Trinajstić information content (AvgIpc) is 2.55. The molecule has 22 heavy (non-hydrogen) atoms. The Morgan fingerprint density at radius 3 is 3.09 bits per heavy atom. The van der Waals surface area contributed by atoms with Crippen LogP contribution in [0.15, 0.2) is 29.1 Å². The summed E-state index contributed by atoms with van der Waals surface area (Å²) in [7, 11) is 1.63. The molecule has 3 N–H and O–H groups in total. The van der Waals surface area contributed by atoms with Gasteiger partial charge in [-0.3, -0.25) is 9.69 Å². The van der Waals surface area contributed by atoms with Crippen molar-refractivity contribution in [3.8, 4) is 5.75 Å². The molecule has 6 heteroatoms. The number of pyridine rings is 1. The molecule has 0 bridgehead atoms. The lowest BCUT2D eigenvalue weighted by molar-refractivity contribution is -0.0261. The van der Waals surface area contributed by atoms with Gasteiger partial charge in [0.25, 0.3) is 5.56 Å². The molecule has 2 heterocycles. The molecule has 118 valence electrons. The van der Waals surface area contributed by atoms with E-state index in [0.29, 0.717) is 19.7 Å². The fraction of sp³-hybridized carbons (Fsp3) is 0.438. The number of hydrogen-bond acceptors (Lipinski definition) is 5. The maximum atomic E-state index is 12.2. The van der Waals surface area contributed by atoms with E-state index in [9.17, 15) is 4.79 Å². The van der Waals surface area contributed by atoms with Gasteiger partial charge in [-0.1, -0.05) is 0 Å². The van der Waals surface area contributed by atoms with Gasteiger partial charge in [0.2, 0.25) is 0 Å². The predicted octanol–water partition coefficient (Wildman–Crippen LogP) is 0.696. The predicted molar refractivity (Wildman–Crippen MR) is 85.2 cm³/mol. The lowest BCUT2D eigenvalue weighted by Gasteiger charge is -2.32. The number of fused-ring (bicyclic) bond motifs is 1. The second-order valence-corrected chi connectivity index (χ2v) is 5.54. The third kappa shape index (κ3) is 3.14. The van der Waals surface area contributed by atoms with Gasteiger partial charge in [0.1, 0.15) is 5.75 Å². The van der Waals surface area contributed by atoms with Gasteiger partial charge in [0.15, 0.2) is 0 Å². The van der Waals surface area contributed by atoms with E-state index in [4.69, 9.17) is 15.2 Å². The smallest absolute Gasteiger partial charge is 0.252 e. The van der Waals surface area contributed by atoms with Gasteiger partial charge >= 0.3 is 0 Å². The van der Waals surface area contributed by atoms with Crippen LogP contribution >= 0.6 is 0 Å². The lowest BCUT2D eigenvalue weighted by Crippen LogP contribution is -2.45. The van der Waals surface area contributed by atoms with Crippen molar-refractivity contribution in [2.45, 2.75) is 12.6 Å². The van der Waals surface area contributed by atoms with Crippen molar-refractivity contribution in [1.29, 1.82) is 0 Å². The summed E-state index contributed by atoms with van der Waals surface area (Å²) in [6.07, 6.45) is 0.0494. The van der Waals surface area contributed by atoms with E-state index < -0.39 is 0 Å². The minimum Gasteiger partial charge on any atom is -0.497 e. The van der Waals surface area contributed by atoms with E-state index in [1.807, 2.05) is 24.3 Å². The van der Waals surface area contributed by atoms with Crippen LogP contribution in [0.2, 0.25) is 0 Å². The highest BCUT2D eigenvalue weighted by Gasteiger charge is 2.20. The van der Waals surface area contributed by atoms with Crippen molar-refractivity contribution in [3.05, 3.63) is 40.2 Å². The second kappa shape index (κ2) is 6.48. The van der Waals surface area contributed by atoms with Gasteiger partial charge < -0.3 is 20.2 Å². The topological polar surface area (TPSA) is 80.6 Å². The molecule has 2 aromatic rings. The number of benzene rings is 1. The van der Waals surface area contributed by atoms with Gasteiger partial charge in [-0.15, -0.1) is 0 Å². The average molecular weight is 303 g/mol. The summed E-state index contributed by atoms with van der Waals surface area (Å²) >= 11 is 0. The summed E-state index contributed by atoms with van der Waals surface area (Å²) in [6.45, 7) is 3.32. The molecule has 0 spiro atoms. The summed E-state index contributed by atoms with van der Waals surface area (Å²) in [5, 5.41) is 0.970. The first-order valence-corrected chi connectivity index (χ1v) is 7.43. The molecule has 0 radical (unpaired) electrons. The van der Waals surface area contributed by atoms with Gasteiger partial charge in [-0.2, -0.15) is 0 Å². The molecule has 1 atom stereocenters. The van der Waals surface area contributed by atoms with Crippen LogP contribution in [0, 0.1) is 0 Å². The summed E-state index contributed by atoms with van der Waals surface area (Å²) < 4.78 is 10.8. The zero-order valence-electron chi connectivity index (χ0n) is 12.7. The van der Waals surface area contributed by atoms with Crippen molar-refractivity contribution >= 4 is 10.9 Å². The van der Waals surface area contributed by atoms with Crippen LogP contribution in [0.5, 0.6) is 5.75 Å². The molecule has 1 aromatic carbocycles. The van der Waals surface area contributed by atoms with Crippen LogP contribution < -0.4 is 16.0 Å². The maximum absolute atomic E-state index is 12.2. The number of methoxy groups -OCH3 is 1. The largest absolute Gasteiger partial charge is 0.497 e. The van der Waals surface area contributed by atoms with E-state index >= 15 is 0 Å². The standard InChI is InChI=1S/C16H21N3O3/c1-21-13-2-3-15-11(7-13)6-12(16(20)18-15)9-19-4-5-22-14(8-17)10-19/h2-3,6-7,14H,4-5,8-10,17H2,1H3,(H,18,20)/t14-/m1/s1. The molecule has 1 fully saturated rings. The Bertz CT molecular complexity index is 713. The van der Waals surface area contributed by atoms with E-state index in [0.717, 1.165) is 35.3 Å². The minimum atomic E-state index is -0.0477. The molecule has 1 saturated heterocycles. The molecule has 1 aliphatic heterocycles. The second-order valence-electron chi connectivity index (χ2n) is 5.54. The quantitative estimate of drug-likeness (QED) is 0.869. The normalized spacial score (nSPS) is 19.5. The lowest BCUT2D eigenvalue weighted by atomic mass is 10.1. The summed E-state index contributed by atoms with van der Waals surface area (Å²) in [4.78, 5) is 17.4. The molecular weight excluding hydrogens is 282 g/mol. The molecule has 1 aromatic heterocycles. The van der Waals surface area contributed by atoms with E-state index in [-0.39, 0.29) is 11.7 Å². The van der Waals surface area contributed by atoms with Crippen LogP contribution in [-0.2, 0) is 11.3 Å². The molecule has 0 aliphatic carbocycles. The van der Waals surface area contributed by atoms with Crippen LogP contribution in [0.1, 0.15) is 5.56 Å². The van der Waals surface area contributed by atoms with E-state index in [1.54, 1.807) is 7.11 Å². The highest BCUT2D eigenvalue weighted by atomic mass is 16.5. The minimum absolute atomic E-state index is 0.0477. The van der Waals surface area contributed by atoms with Crippen molar-refractivity contribution in [2.75, 3.05) is 33.4 Å². The van der Waals surface area contributed by atoms with Crippen molar-refractivity contribution in [3.63, 3.8) is 0 Å². The number of nitrogens with zero attached hydrogens (tertiary/aromatic N) is 1. The van der Waals surface area contributed by atoms with Crippen LogP contribution in [0.25, 0.3) is 10.9 Å². The van der Waals surface area contributed by atoms with E-state index in [1.165, 1.54) is 0 Å². The monoisotopic (exact) mass is 303 g/mol. The van der Waals surface area contributed by atoms with Gasteiger partial charge in [-0.05, 0) is 24.3 Å². The summed E-state index contributed by atoms with van der Waals surface area (Å²) in [6, 6.07) is 7.56. The fourth-order valence-corrected chi connectivity index (χ4v) is 2.78. The number of nitrogens with two attached hydrogens (primary N) is 1. The van der Waals surface area contributed by atoms with Crippen molar-refractivity contribution in [2.24, 2.45) is 5.73 Å². The molecule has 0 saturated carbocycles. The molecule has 1 aliphatic rings. The zero-order valence-corrected chi connectivity index (χ0v) is 12.7. The first kappa shape index (κ1) is 15.0. The number of morpholine rings is 1. The zero-order chi connectivity index (χ0) is 15.5. The Morgan fingerprint density at radius 1 is 1.45 bits per heavy atom. The molecule has 0 amide bonds. The SMILES string of the molecule is COc1ccc2[nH]c(=O)c(CN3CCO[C@H](CN)C3)cc2c1. The third-order valence-electron chi connectivity index (χ3n) is 4.01. The van der Waals surface area contributed by atoms with Crippen LogP contribution in [0.3, 0.4) is 0 Å². The van der Waals surface area contributed by atoms with Crippen molar-refractivity contribution in [1.82, 2.24) is 9.88 Å². The van der Waals surface area contributed by atoms with Gasteiger partial charge in [-0.25, -0.2) is 0 Å². The number of H-pyrrole nitrogens is 1. The molecule has 3 rings (SSSR count). The number of hydrogen-bond donors (Lipinski definition) is 2.